The van der Waals surface area contributed by atoms with Gasteiger partial charge < -0.3 is 15.2 Å². The molecule has 0 saturated heterocycles. The van der Waals surface area contributed by atoms with Crippen molar-refractivity contribution in [1.82, 2.24) is 5.32 Å². The van der Waals surface area contributed by atoms with Crippen molar-refractivity contribution in [3.05, 3.63) is 33.8 Å². The highest BCUT2D eigenvalue weighted by Gasteiger charge is 2.20. The Kier molecular flexibility index (Phi) is 7.71. The molecule has 1 rings (SSSR count). The Bertz CT molecular complexity index is 513. The van der Waals surface area contributed by atoms with Crippen molar-refractivity contribution in [2.75, 3.05) is 12.0 Å². The normalized spacial score (nSPS) is 11.8. The molecule has 1 amide bonds. The van der Waals surface area contributed by atoms with Gasteiger partial charge in [-0.15, -0.1) is 0 Å². The fourth-order valence-electron chi connectivity index (χ4n) is 1.46. The number of amides is 1. The molecule has 1 atom stereocenters. The van der Waals surface area contributed by atoms with Crippen LogP contribution in [0.3, 0.4) is 0 Å². The summed E-state index contributed by atoms with van der Waals surface area (Å²) < 4.78 is 4.96. The first-order valence-electron chi connectivity index (χ1n) is 6.03. The van der Waals surface area contributed by atoms with Crippen molar-refractivity contribution in [3.63, 3.8) is 0 Å². The molecule has 0 fully saturated rings. The van der Waals surface area contributed by atoms with E-state index in [0.29, 0.717) is 27.8 Å². The van der Waals surface area contributed by atoms with Gasteiger partial charge in [0.2, 0.25) is 0 Å². The van der Waals surface area contributed by atoms with Gasteiger partial charge in [-0.1, -0.05) is 29.3 Å². The number of halogens is 2. The van der Waals surface area contributed by atoms with E-state index in [1.807, 2.05) is 6.26 Å². The Morgan fingerprint density at radius 3 is 2.71 bits per heavy atom. The Morgan fingerprint density at radius 2 is 2.14 bits per heavy atom. The van der Waals surface area contributed by atoms with Crippen LogP contribution in [0.2, 0.25) is 10.0 Å². The molecule has 2 N–H and O–H groups in total. The number of carbonyl (C=O) groups excluding carboxylic acids is 1. The van der Waals surface area contributed by atoms with Crippen LogP contribution in [0.15, 0.2) is 18.2 Å². The van der Waals surface area contributed by atoms with Crippen molar-refractivity contribution < 1.29 is 19.4 Å². The lowest BCUT2D eigenvalue weighted by atomic mass is 10.2. The van der Waals surface area contributed by atoms with Crippen LogP contribution in [0, 0.1) is 0 Å². The molecule has 0 aliphatic heterocycles. The van der Waals surface area contributed by atoms with E-state index in [1.54, 1.807) is 12.1 Å². The fraction of sp³-hybridized carbons (Fsp3) is 0.385. The lowest BCUT2D eigenvalue weighted by molar-refractivity contribution is -0.139. The Morgan fingerprint density at radius 1 is 1.43 bits per heavy atom. The molecule has 5 nitrogen and oxygen atoms in total. The van der Waals surface area contributed by atoms with Gasteiger partial charge >= 0.3 is 12.1 Å². The van der Waals surface area contributed by atoms with Crippen LogP contribution in [0.5, 0.6) is 0 Å². The summed E-state index contributed by atoms with van der Waals surface area (Å²) in [6, 6.07) is 3.84. The van der Waals surface area contributed by atoms with Crippen LogP contribution < -0.4 is 5.32 Å². The number of thioether (sulfide) groups is 1. The number of hydrogen-bond acceptors (Lipinski definition) is 4. The quantitative estimate of drug-likeness (QED) is 0.786. The van der Waals surface area contributed by atoms with E-state index in [9.17, 15) is 9.59 Å². The number of carboxylic acids is 1. The van der Waals surface area contributed by atoms with Crippen molar-refractivity contribution >= 4 is 47.0 Å². The molecule has 8 heteroatoms. The highest BCUT2D eigenvalue weighted by molar-refractivity contribution is 7.98. The maximum absolute atomic E-state index is 11.6. The van der Waals surface area contributed by atoms with E-state index in [4.69, 9.17) is 33.0 Å². The fourth-order valence-corrected chi connectivity index (χ4v) is 2.39. The molecule has 0 heterocycles. The number of nitrogens with one attached hydrogen (secondary N) is 1. The number of aliphatic carboxylic acids is 1. The van der Waals surface area contributed by atoms with Gasteiger partial charge in [-0.2, -0.15) is 11.8 Å². The average Bonchev–Trinajstić information content (AvgIpc) is 2.42. The summed E-state index contributed by atoms with van der Waals surface area (Å²) in [5, 5.41) is 12.2. The average molecular weight is 352 g/mol. The lowest BCUT2D eigenvalue weighted by Crippen LogP contribution is -2.41. The standard InChI is InChI=1S/C13H15Cl2NO4S/c1-21-5-4-11(12(17)18)16-13(19)20-7-8-2-3-9(14)6-10(8)15/h2-3,6,11H,4-5,7H2,1H3,(H,16,19)(H,17,18). The Balaban J connectivity index is 2.50. The van der Waals surface area contributed by atoms with Crippen LogP contribution in [0.1, 0.15) is 12.0 Å². The number of carboxylic acid groups (broad SMARTS) is 1. The van der Waals surface area contributed by atoms with Crippen molar-refractivity contribution in [1.29, 1.82) is 0 Å². The number of hydrogen-bond donors (Lipinski definition) is 2. The van der Waals surface area contributed by atoms with Gasteiger partial charge in [0.1, 0.15) is 12.6 Å². The minimum Gasteiger partial charge on any atom is -0.480 e. The molecule has 1 aromatic carbocycles. The highest BCUT2D eigenvalue weighted by Crippen LogP contribution is 2.21. The third-order valence-electron chi connectivity index (χ3n) is 2.57. The SMILES string of the molecule is CSCCC(NC(=O)OCc1ccc(Cl)cc1Cl)C(=O)O. The molecule has 0 bridgehead atoms. The number of rotatable bonds is 7. The zero-order valence-corrected chi connectivity index (χ0v) is 13.6. The van der Waals surface area contributed by atoms with Crippen LogP contribution in [0.25, 0.3) is 0 Å². The lowest BCUT2D eigenvalue weighted by Gasteiger charge is -2.14. The van der Waals surface area contributed by atoms with Crippen LogP contribution in [-0.4, -0.2) is 35.2 Å². The van der Waals surface area contributed by atoms with E-state index in [1.165, 1.54) is 17.8 Å². The van der Waals surface area contributed by atoms with Gasteiger partial charge in [0, 0.05) is 15.6 Å². The predicted molar refractivity (Wildman–Crippen MR) is 84.2 cm³/mol. The second kappa shape index (κ2) is 9.02. The monoisotopic (exact) mass is 351 g/mol. The molecule has 21 heavy (non-hydrogen) atoms. The summed E-state index contributed by atoms with van der Waals surface area (Å²) in [4.78, 5) is 22.6. The van der Waals surface area contributed by atoms with Crippen molar-refractivity contribution in [2.24, 2.45) is 0 Å². The van der Waals surface area contributed by atoms with Gasteiger partial charge in [0.05, 0.1) is 0 Å². The molecular formula is C13H15Cl2NO4S. The molecule has 0 spiro atoms. The smallest absolute Gasteiger partial charge is 0.408 e. The maximum Gasteiger partial charge on any atom is 0.408 e. The summed E-state index contributed by atoms with van der Waals surface area (Å²) in [5.74, 6) is -0.467. The van der Waals surface area contributed by atoms with E-state index in [2.05, 4.69) is 5.32 Å². The van der Waals surface area contributed by atoms with Crippen molar-refractivity contribution in [3.8, 4) is 0 Å². The molecule has 1 aromatic rings. The van der Waals surface area contributed by atoms with Gasteiger partial charge in [-0.25, -0.2) is 9.59 Å². The first-order valence-corrected chi connectivity index (χ1v) is 8.18. The molecule has 0 aliphatic rings. The van der Waals surface area contributed by atoms with Crippen LogP contribution in [0.4, 0.5) is 4.79 Å². The van der Waals surface area contributed by atoms with E-state index in [-0.39, 0.29) is 6.61 Å². The summed E-state index contributed by atoms with van der Waals surface area (Å²) in [5.41, 5.74) is 0.590. The van der Waals surface area contributed by atoms with Gasteiger partial charge in [0.25, 0.3) is 0 Å². The first-order chi connectivity index (χ1) is 9.93. The Hall–Kier alpha value is -1.11. The van der Waals surface area contributed by atoms with Gasteiger partial charge in [-0.05, 0) is 30.6 Å². The van der Waals surface area contributed by atoms with Gasteiger partial charge in [-0.3, -0.25) is 0 Å². The third kappa shape index (κ3) is 6.46. The number of ether oxygens (including phenoxy) is 1. The minimum absolute atomic E-state index is 0.0588. The predicted octanol–water partition coefficient (Wildman–Crippen LogP) is 3.43. The maximum atomic E-state index is 11.6. The summed E-state index contributed by atoms with van der Waals surface area (Å²) >= 11 is 13.2. The number of carbonyl (C=O) groups is 2. The second-order valence-corrected chi connectivity index (χ2v) is 5.96. The largest absolute Gasteiger partial charge is 0.480 e. The Labute approximate surface area is 136 Å². The number of alkyl carbamates (subject to hydrolysis) is 1. The van der Waals surface area contributed by atoms with E-state index >= 15 is 0 Å². The molecule has 1 unspecified atom stereocenters. The van der Waals surface area contributed by atoms with E-state index in [0.717, 1.165) is 0 Å². The van der Waals surface area contributed by atoms with Crippen LogP contribution >= 0.6 is 35.0 Å². The zero-order chi connectivity index (χ0) is 15.8. The summed E-state index contributed by atoms with van der Waals surface area (Å²) in [6.07, 6.45) is 1.39. The van der Waals surface area contributed by atoms with Gasteiger partial charge in [0.15, 0.2) is 0 Å². The first kappa shape index (κ1) is 17.9. The topological polar surface area (TPSA) is 75.6 Å². The molecule has 0 saturated carbocycles. The molecular weight excluding hydrogens is 337 g/mol. The number of benzene rings is 1. The van der Waals surface area contributed by atoms with E-state index < -0.39 is 18.1 Å². The molecule has 0 aromatic heterocycles. The second-order valence-electron chi connectivity index (χ2n) is 4.13. The summed E-state index contributed by atoms with van der Waals surface area (Å²) in [7, 11) is 0. The molecule has 0 radical (unpaired) electrons. The zero-order valence-electron chi connectivity index (χ0n) is 11.3. The molecule has 0 aliphatic carbocycles. The third-order valence-corrected chi connectivity index (χ3v) is 3.81. The highest BCUT2D eigenvalue weighted by atomic mass is 35.5. The van der Waals surface area contributed by atoms with Crippen LogP contribution in [-0.2, 0) is 16.1 Å². The minimum atomic E-state index is -1.09. The molecule has 116 valence electrons. The summed E-state index contributed by atoms with van der Waals surface area (Å²) in [6.45, 7) is -0.0588. The van der Waals surface area contributed by atoms with Crippen molar-refractivity contribution in [2.45, 2.75) is 19.1 Å².